The van der Waals surface area contributed by atoms with Crippen molar-refractivity contribution < 1.29 is 20.1 Å². The second-order valence-corrected chi connectivity index (χ2v) is 5.52. The monoisotopic (exact) mass is 487 g/mol. The molecule has 3 nitrogen and oxygen atoms in total. The molecule has 0 aliphatic carbocycles. The van der Waals surface area contributed by atoms with Gasteiger partial charge in [0.15, 0.2) is 0 Å². The molecule has 2 aromatic carbocycles. The normalized spacial score (nSPS) is 11.0. The molecule has 0 aliphatic heterocycles. The predicted octanol–water partition coefficient (Wildman–Crippen LogP) is 4.50. The van der Waals surface area contributed by atoms with Gasteiger partial charge < -0.3 is 4.40 Å². The van der Waals surface area contributed by atoms with Crippen LogP contribution in [0.1, 0.15) is 0 Å². The standard InChI is InChI=1S/C20H12N3.Ir/c1-2-5-18-16(4-1)17-7-3-6-15(14-8-10-21-11-9-14)19(17)23-13-12-22-20(18)23;/h1-4,6-13H;/q-1;. The van der Waals surface area contributed by atoms with E-state index in [1.807, 2.05) is 49.1 Å². The molecule has 0 unspecified atom stereocenters. The smallest absolute Gasteiger partial charge is 0.0608 e. The third-order valence-electron chi connectivity index (χ3n) is 4.28. The van der Waals surface area contributed by atoms with Gasteiger partial charge in [-0.2, -0.15) is 0 Å². The average Bonchev–Trinajstić information content (AvgIpc) is 3.12. The first kappa shape index (κ1) is 15.0. The first-order valence-electron chi connectivity index (χ1n) is 7.52. The summed E-state index contributed by atoms with van der Waals surface area (Å²) in [5.74, 6) is 0. The van der Waals surface area contributed by atoms with Crippen LogP contribution in [0.4, 0.5) is 0 Å². The number of imidazole rings is 1. The zero-order valence-electron chi connectivity index (χ0n) is 12.6. The molecule has 0 aliphatic rings. The molecule has 0 amide bonds. The zero-order chi connectivity index (χ0) is 15.2. The Balaban J connectivity index is 0.00000146. The summed E-state index contributed by atoms with van der Waals surface area (Å²) in [6.07, 6.45) is 7.52. The number of hydrogen-bond donors (Lipinski definition) is 0. The summed E-state index contributed by atoms with van der Waals surface area (Å²) >= 11 is 0. The van der Waals surface area contributed by atoms with E-state index < -0.39 is 0 Å². The van der Waals surface area contributed by atoms with E-state index in [4.69, 9.17) is 0 Å². The quantitative estimate of drug-likeness (QED) is 0.258. The Hall–Kier alpha value is -2.55. The van der Waals surface area contributed by atoms with Crippen molar-refractivity contribution in [1.82, 2.24) is 14.4 Å². The molecular weight excluding hydrogens is 474 g/mol. The summed E-state index contributed by atoms with van der Waals surface area (Å²) in [6.45, 7) is 0. The van der Waals surface area contributed by atoms with Gasteiger partial charge >= 0.3 is 0 Å². The van der Waals surface area contributed by atoms with E-state index >= 15 is 0 Å². The van der Waals surface area contributed by atoms with Crippen LogP contribution in [0.15, 0.2) is 73.3 Å². The van der Waals surface area contributed by atoms with Crippen molar-refractivity contribution in [1.29, 1.82) is 0 Å². The number of para-hydroxylation sites is 1. The minimum Gasteiger partial charge on any atom is -0.340 e. The Kier molecular flexibility index (Phi) is 3.64. The van der Waals surface area contributed by atoms with Gasteiger partial charge in [-0.3, -0.25) is 9.97 Å². The van der Waals surface area contributed by atoms with Gasteiger partial charge in [0.1, 0.15) is 0 Å². The Bertz CT molecular complexity index is 1160. The van der Waals surface area contributed by atoms with E-state index in [2.05, 4.69) is 44.7 Å². The summed E-state index contributed by atoms with van der Waals surface area (Å²) in [7, 11) is 0. The van der Waals surface area contributed by atoms with Gasteiger partial charge in [-0.05, 0) is 23.1 Å². The van der Waals surface area contributed by atoms with Crippen LogP contribution in [0.5, 0.6) is 0 Å². The first-order chi connectivity index (χ1) is 11.4. The van der Waals surface area contributed by atoms with E-state index in [0.29, 0.717) is 0 Å². The van der Waals surface area contributed by atoms with E-state index in [-0.39, 0.29) is 20.1 Å². The first-order valence-corrected chi connectivity index (χ1v) is 7.52. The number of fused-ring (bicyclic) bond motifs is 6. The number of nitrogens with zero attached hydrogens (tertiary/aromatic N) is 3. The molecule has 0 fully saturated rings. The van der Waals surface area contributed by atoms with Crippen molar-refractivity contribution in [2.24, 2.45) is 0 Å². The average molecular weight is 487 g/mol. The molecule has 117 valence electrons. The van der Waals surface area contributed by atoms with Crippen LogP contribution in [0, 0.1) is 6.07 Å². The van der Waals surface area contributed by atoms with Gasteiger partial charge in [0, 0.05) is 56.0 Å². The van der Waals surface area contributed by atoms with E-state index in [9.17, 15) is 0 Å². The van der Waals surface area contributed by atoms with Gasteiger partial charge in [0.05, 0.1) is 5.65 Å². The van der Waals surface area contributed by atoms with Crippen LogP contribution < -0.4 is 0 Å². The maximum Gasteiger partial charge on any atom is 0.0608 e. The largest absolute Gasteiger partial charge is 0.340 e. The number of aromatic nitrogens is 3. The molecule has 0 saturated heterocycles. The minimum absolute atomic E-state index is 0. The van der Waals surface area contributed by atoms with Gasteiger partial charge in [-0.25, -0.2) is 0 Å². The fourth-order valence-corrected chi connectivity index (χ4v) is 3.30. The van der Waals surface area contributed by atoms with Gasteiger partial charge in [-0.15, -0.1) is 29.7 Å². The minimum atomic E-state index is 0. The molecule has 3 aromatic heterocycles. The van der Waals surface area contributed by atoms with Crippen LogP contribution in [0.2, 0.25) is 0 Å². The number of rotatable bonds is 1. The Morgan fingerprint density at radius 1 is 0.875 bits per heavy atom. The molecular formula is C20H12IrN3-. The van der Waals surface area contributed by atoms with Gasteiger partial charge in [0.25, 0.3) is 0 Å². The molecule has 3 heterocycles. The molecule has 0 N–H and O–H groups in total. The molecule has 1 radical (unpaired) electrons. The van der Waals surface area contributed by atoms with E-state index in [1.165, 1.54) is 21.9 Å². The molecule has 0 spiro atoms. The summed E-state index contributed by atoms with van der Waals surface area (Å²) < 4.78 is 2.16. The molecule has 5 rings (SSSR count). The third kappa shape index (κ3) is 2.08. The molecule has 24 heavy (non-hydrogen) atoms. The molecule has 0 bridgehead atoms. The summed E-state index contributed by atoms with van der Waals surface area (Å²) in [6, 6.07) is 19.9. The van der Waals surface area contributed by atoms with Crippen molar-refractivity contribution in [3.8, 4) is 11.1 Å². The second kappa shape index (κ2) is 5.82. The van der Waals surface area contributed by atoms with Crippen molar-refractivity contribution >= 4 is 27.3 Å². The molecule has 5 aromatic rings. The van der Waals surface area contributed by atoms with Crippen molar-refractivity contribution in [2.45, 2.75) is 0 Å². The number of benzene rings is 2. The Morgan fingerprint density at radius 2 is 1.71 bits per heavy atom. The van der Waals surface area contributed by atoms with Crippen LogP contribution in [0.3, 0.4) is 0 Å². The topological polar surface area (TPSA) is 30.2 Å². The van der Waals surface area contributed by atoms with E-state index in [0.717, 1.165) is 16.6 Å². The summed E-state index contributed by atoms with van der Waals surface area (Å²) in [5, 5.41) is 3.44. The van der Waals surface area contributed by atoms with Crippen LogP contribution in [-0.4, -0.2) is 14.4 Å². The van der Waals surface area contributed by atoms with Crippen LogP contribution >= 0.6 is 0 Å². The van der Waals surface area contributed by atoms with Gasteiger partial charge in [0.2, 0.25) is 0 Å². The Labute approximate surface area is 152 Å². The van der Waals surface area contributed by atoms with Crippen LogP contribution in [-0.2, 0) is 20.1 Å². The molecule has 0 saturated carbocycles. The fourth-order valence-electron chi connectivity index (χ4n) is 3.30. The van der Waals surface area contributed by atoms with Crippen LogP contribution in [0.25, 0.3) is 38.4 Å². The zero-order valence-corrected chi connectivity index (χ0v) is 15.0. The van der Waals surface area contributed by atoms with Crippen molar-refractivity contribution in [3.05, 3.63) is 79.4 Å². The molecule has 0 atom stereocenters. The molecule has 4 heteroatoms. The van der Waals surface area contributed by atoms with E-state index in [1.54, 1.807) is 0 Å². The second-order valence-electron chi connectivity index (χ2n) is 5.52. The predicted molar refractivity (Wildman–Crippen MR) is 92.3 cm³/mol. The summed E-state index contributed by atoms with van der Waals surface area (Å²) in [5.41, 5.74) is 4.44. The Morgan fingerprint density at radius 3 is 2.58 bits per heavy atom. The van der Waals surface area contributed by atoms with Crippen molar-refractivity contribution in [3.63, 3.8) is 0 Å². The SMILES string of the molecule is [Ir].[c-]1cccc2c1c1nccn1c1c(-c3ccncc3)cccc21. The van der Waals surface area contributed by atoms with Crippen molar-refractivity contribution in [2.75, 3.05) is 0 Å². The maximum absolute atomic E-state index is 4.55. The summed E-state index contributed by atoms with van der Waals surface area (Å²) in [4.78, 5) is 8.68. The third-order valence-corrected chi connectivity index (χ3v) is 4.28. The number of hydrogen-bond acceptors (Lipinski definition) is 2. The maximum atomic E-state index is 4.55. The number of pyridine rings is 2. The van der Waals surface area contributed by atoms with Gasteiger partial charge in [-0.1, -0.05) is 23.6 Å². The fraction of sp³-hybridized carbons (Fsp3) is 0.